The molecule has 0 aliphatic heterocycles. The molecule has 0 atom stereocenters. The van der Waals surface area contributed by atoms with Crippen molar-refractivity contribution in [2.75, 3.05) is 21.3 Å². The predicted molar refractivity (Wildman–Crippen MR) is 73.5 cm³/mol. The molecule has 0 unspecified atom stereocenters. The fraction of sp³-hybridized carbons (Fsp3) is 0.600. The van der Waals surface area contributed by atoms with Crippen molar-refractivity contribution in [2.45, 2.75) is 37.6 Å². The lowest BCUT2D eigenvalue weighted by molar-refractivity contribution is 0.343. The monoisotopic (exact) mass is 249 g/mol. The van der Waals surface area contributed by atoms with Crippen molar-refractivity contribution in [3.05, 3.63) is 23.8 Å². The second kappa shape index (κ2) is 5.61. The van der Waals surface area contributed by atoms with Crippen LogP contribution >= 0.6 is 0 Å². The van der Waals surface area contributed by atoms with Crippen molar-refractivity contribution < 1.29 is 9.47 Å². The Kier molecular flexibility index (Phi) is 4.12. The third-order valence-electron chi connectivity index (χ3n) is 4.11. The molecule has 2 rings (SSSR count). The van der Waals surface area contributed by atoms with Crippen LogP contribution in [0, 0.1) is 0 Å². The van der Waals surface area contributed by atoms with Gasteiger partial charge in [-0.05, 0) is 37.9 Å². The number of likely N-dealkylation sites (N-methyl/N-ethyl adjacent to an activating group) is 1. The van der Waals surface area contributed by atoms with E-state index in [-0.39, 0.29) is 5.54 Å². The molecule has 0 heterocycles. The van der Waals surface area contributed by atoms with Gasteiger partial charge in [0, 0.05) is 11.6 Å². The Labute approximate surface area is 109 Å². The third-order valence-corrected chi connectivity index (χ3v) is 4.11. The molecule has 1 N–H and O–H groups in total. The Bertz CT molecular complexity index is 397. The van der Waals surface area contributed by atoms with Crippen LogP contribution in [0.2, 0.25) is 0 Å². The van der Waals surface area contributed by atoms with E-state index >= 15 is 0 Å². The molecular formula is C15H23NO2. The van der Waals surface area contributed by atoms with Crippen molar-refractivity contribution in [3.63, 3.8) is 0 Å². The molecule has 1 aliphatic rings. The topological polar surface area (TPSA) is 30.5 Å². The number of hydrogen-bond donors (Lipinski definition) is 1. The Morgan fingerprint density at radius 2 is 1.89 bits per heavy atom. The maximum atomic E-state index is 5.48. The highest BCUT2D eigenvalue weighted by molar-refractivity contribution is 5.41. The van der Waals surface area contributed by atoms with Gasteiger partial charge in [-0.2, -0.15) is 0 Å². The van der Waals surface area contributed by atoms with Crippen molar-refractivity contribution in [2.24, 2.45) is 0 Å². The minimum absolute atomic E-state index is 0.252. The maximum absolute atomic E-state index is 5.48. The summed E-state index contributed by atoms with van der Waals surface area (Å²) in [5.41, 5.74) is 1.51. The molecule has 1 fully saturated rings. The second-order valence-corrected chi connectivity index (χ2v) is 5.09. The molecule has 18 heavy (non-hydrogen) atoms. The molecule has 100 valence electrons. The minimum atomic E-state index is 0.252. The first kappa shape index (κ1) is 13.2. The van der Waals surface area contributed by atoms with Gasteiger partial charge in [-0.15, -0.1) is 0 Å². The Morgan fingerprint density at radius 3 is 2.44 bits per heavy atom. The lowest BCUT2D eigenvalue weighted by atomic mass is 9.89. The van der Waals surface area contributed by atoms with E-state index < -0.39 is 0 Å². The van der Waals surface area contributed by atoms with Crippen LogP contribution in [0.25, 0.3) is 0 Å². The average Bonchev–Trinajstić information content (AvgIpc) is 2.88. The zero-order chi connectivity index (χ0) is 13.0. The summed E-state index contributed by atoms with van der Waals surface area (Å²) in [7, 11) is 5.47. The molecule has 0 aromatic heterocycles. The first-order chi connectivity index (χ1) is 8.73. The fourth-order valence-electron chi connectivity index (χ4n) is 2.93. The van der Waals surface area contributed by atoms with Crippen LogP contribution in [0.4, 0.5) is 0 Å². The Balaban J connectivity index is 2.22. The number of ether oxygens (including phenoxy) is 2. The summed E-state index contributed by atoms with van der Waals surface area (Å²) < 4.78 is 10.7. The predicted octanol–water partition coefficient (Wildman–Crippen LogP) is 2.78. The van der Waals surface area contributed by atoms with Crippen LogP contribution in [-0.4, -0.2) is 26.8 Å². The van der Waals surface area contributed by atoms with Crippen LogP contribution < -0.4 is 14.8 Å². The maximum Gasteiger partial charge on any atom is 0.125 e. The van der Waals surface area contributed by atoms with E-state index in [2.05, 4.69) is 18.4 Å². The molecule has 0 spiro atoms. The van der Waals surface area contributed by atoms with Gasteiger partial charge < -0.3 is 14.8 Å². The molecule has 0 bridgehead atoms. The molecule has 1 saturated carbocycles. The van der Waals surface area contributed by atoms with E-state index in [9.17, 15) is 0 Å². The smallest absolute Gasteiger partial charge is 0.125 e. The second-order valence-electron chi connectivity index (χ2n) is 5.09. The van der Waals surface area contributed by atoms with Gasteiger partial charge in [0.2, 0.25) is 0 Å². The van der Waals surface area contributed by atoms with Crippen LogP contribution in [0.15, 0.2) is 18.2 Å². The molecule has 0 radical (unpaired) electrons. The fourth-order valence-corrected chi connectivity index (χ4v) is 2.93. The van der Waals surface area contributed by atoms with E-state index in [4.69, 9.17) is 9.47 Å². The molecule has 1 aromatic carbocycles. The molecule has 3 nitrogen and oxygen atoms in total. The van der Waals surface area contributed by atoms with Crippen LogP contribution in [0.3, 0.4) is 0 Å². The number of rotatable bonds is 5. The molecule has 3 heteroatoms. The van der Waals surface area contributed by atoms with Gasteiger partial charge in [0.1, 0.15) is 11.5 Å². The number of methoxy groups -OCH3 is 2. The minimum Gasteiger partial charge on any atom is -0.497 e. The summed E-state index contributed by atoms with van der Waals surface area (Å²) in [6, 6.07) is 6.10. The highest BCUT2D eigenvalue weighted by Gasteiger charge is 2.32. The van der Waals surface area contributed by atoms with Gasteiger partial charge >= 0.3 is 0 Å². The summed E-state index contributed by atoms with van der Waals surface area (Å²) in [6.45, 7) is 0. The first-order valence-electron chi connectivity index (χ1n) is 6.63. The Morgan fingerprint density at radius 1 is 1.17 bits per heavy atom. The summed E-state index contributed by atoms with van der Waals surface area (Å²) in [5, 5.41) is 3.52. The van der Waals surface area contributed by atoms with Crippen LogP contribution in [0.5, 0.6) is 11.5 Å². The van der Waals surface area contributed by atoms with E-state index in [1.165, 1.54) is 31.2 Å². The summed E-state index contributed by atoms with van der Waals surface area (Å²) in [5.74, 6) is 1.77. The van der Waals surface area contributed by atoms with Gasteiger partial charge in [0.25, 0.3) is 0 Å². The van der Waals surface area contributed by atoms with Gasteiger partial charge in [0.05, 0.1) is 14.2 Å². The molecular weight excluding hydrogens is 226 g/mol. The molecule has 1 aromatic rings. The summed E-state index contributed by atoms with van der Waals surface area (Å²) in [6.07, 6.45) is 6.16. The largest absolute Gasteiger partial charge is 0.497 e. The van der Waals surface area contributed by atoms with E-state index in [1.54, 1.807) is 14.2 Å². The first-order valence-corrected chi connectivity index (χ1v) is 6.63. The summed E-state index contributed by atoms with van der Waals surface area (Å²) in [4.78, 5) is 0. The molecule has 0 saturated heterocycles. The van der Waals surface area contributed by atoms with Crippen LogP contribution in [0.1, 0.15) is 31.2 Å². The number of benzene rings is 1. The SMILES string of the molecule is CNC1(Cc2ccc(OC)cc2OC)CCCC1. The van der Waals surface area contributed by atoms with E-state index in [1.807, 2.05) is 12.1 Å². The van der Waals surface area contributed by atoms with E-state index in [0.717, 1.165) is 17.9 Å². The van der Waals surface area contributed by atoms with Gasteiger partial charge in [-0.3, -0.25) is 0 Å². The van der Waals surface area contributed by atoms with Gasteiger partial charge in [0.15, 0.2) is 0 Å². The van der Waals surface area contributed by atoms with Gasteiger partial charge in [-0.25, -0.2) is 0 Å². The van der Waals surface area contributed by atoms with Crippen LogP contribution in [-0.2, 0) is 6.42 Å². The van der Waals surface area contributed by atoms with Crippen molar-refractivity contribution in [1.82, 2.24) is 5.32 Å². The number of nitrogens with one attached hydrogen (secondary N) is 1. The zero-order valence-corrected chi connectivity index (χ0v) is 11.6. The van der Waals surface area contributed by atoms with E-state index in [0.29, 0.717) is 0 Å². The van der Waals surface area contributed by atoms with Crippen molar-refractivity contribution >= 4 is 0 Å². The average molecular weight is 249 g/mol. The number of hydrogen-bond acceptors (Lipinski definition) is 3. The highest BCUT2D eigenvalue weighted by Crippen LogP contribution is 2.35. The zero-order valence-electron chi connectivity index (χ0n) is 11.6. The normalized spacial score (nSPS) is 17.7. The third kappa shape index (κ3) is 2.61. The lowest BCUT2D eigenvalue weighted by Gasteiger charge is -2.29. The molecule has 0 amide bonds. The van der Waals surface area contributed by atoms with Gasteiger partial charge in [-0.1, -0.05) is 18.9 Å². The Hall–Kier alpha value is -1.22. The highest BCUT2D eigenvalue weighted by atomic mass is 16.5. The lowest BCUT2D eigenvalue weighted by Crippen LogP contribution is -2.42. The summed E-state index contributed by atoms with van der Waals surface area (Å²) >= 11 is 0. The quantitative estimate of drug-likeness (QED) is 0.870. The molecule has 1 aliphatic carbocycles. The standard InChI is InChI=1S/C15H23NO2/c1-16-15(8-4-5-9-15)11-12-6-7-13(17-2)10-14(12)18-3/h6-7,10,16H,4-5,8-9,11H2,1-3H3. The van der Waals surface area contributed by atoms with Crippen molar-refractivity contribution in [1.29, 1.82) is 0 Å². The van der Waals surface area contributed by atoms with Crippen molar-refractivity contribution in [3.8, 4) is 11.5 Å².